The van der Waals surface area contributed by atoms with Crippen LogP contribution in [0.1, 0.15) is 6.92 Å². The molecule has 0 aliphatic heterocycles. The summed E-state index contributed by atoms with van der Waals surface area (Å²) in [5, 5.41) is 16.4. The van der Waals surface area contributed by atoms with Crippen molar-refractivity contribution in [3.63, 3.8) is 0 Å². The number of fused-ring (bicyclic) bond motifs is 1. The average molecular weight is 466 g/mol. The fourth-order valence-corrected chi connectivity index (χ4v) is 3.82. The van der Waals surface area contributed by atoms with Gasteiger partial charge in [-0.05, 0) is 61.5 Å². The Hall–Kier alpha value is -3.79. The molecule has 2 aromatic heterocycles. The maximum Gasteiger partial charge on any atom is 0.234 e. The molecule has 2 aromatic carbocycles. The van der Waals surface area contributed by atoms with Gasteiger partial charge >= 0.3 is 0 Å². The Morgan fingerprint density at radius 3 is 2.52 bits per heavy atom. The Balaban J connectivity index is 1.47. The molecule has 33 heavy (non-hydrogen) atoms. The molecule has 170 valence electrons. The first kappa shape index (κ1) is 22.4. The molecule has 0 atom stereocenters. The molecule has 9 nitrogen and oxygen atoms in total. The summed E-state index contributed by atoms with van der Waals surface area (Å²) in [6, 6.07) is 16.5. The molecule has 2 heterocycles. The zero-order valence-electron chi connectivity index (χ0n) is 18.4. The maximum absolute atomic E-state index is 12.4. The molecule has 0 saturated heterocycles. The molecule has 1 N–H and O–H groups in total. The Morgan fingerprint density at radius 2 is 1.79 bits per heavy atom. The van der Waals surface area contributed by atoms with E-state index in [1.807, 2.05) is 49.4 Å². The third-order valence-corrected chi connectivity index (χ3v) is 5.61. The molecule has 0 spiro atoms. The smallest absolute Gasteiger partial charge is 0.234 e. The summed E-state index contributed by atoms with van der Waals surface area (Å²) in [4.78, 5) is 12.4. The summed E-state index contributed by atoms with van der Waals surface area (Å²) in [5.41, 5.74) is 2.86. The molecule has 4 rings (SSSR count). The van der Waals surface area contributed by atoms with Gasteiger partial charge in [0.15, 0.2) is 17.1 Å². The molecule has 0 saturated carbocycles. The predicted molar refractivity (Wildman–Crippen MR) is 126 cm³/mol. The van der Waals surface area contributed by atoms with Crippen molar-refractivity contribution in [1.82, 2.24) is 19.8 Å². The first-order valence-electron chi connectivity index (χ1n) is 10.2. The van der Waals surface area contributed by atoms with Crippen molar-refractivity contribution in [1.29, 1.82) is 0 Å². The Bertz CT molecular complexity index is 1260. The predicted octanol–water partition coefficient (Wildman–Crippen LogP) is 3.94. The number of aromatic nitrogens is 4. The van der Waals surface area contributed by atoms with E-state index in [4.69, 9.17) is 14.2 Å². The number of methoxy groups -OCH3 is 2. The molecule has 0 radical (unpaired) electrons. The number of ether oxygens (including phenoxy) is 3. The summed E-state index contributed by atoms with van der Waals surface area (Å²) < 4.78 is 17.7. The van der Waals surface area contributed by atoms with Crippen molar-refractivity contribution in [2.45, 2.75) is 12.1 Å². The van der Waals surface area contributed by atoms with Crippen molar-refractivity contribution in [2.75, 3.05) is 31.9 Å². The number of anilines is 1. The van der Waals surface area contributed by atoms with Gasteiger partial charge in [-0.25, -0.2) is 0 Å². The molecule has 4 aromatic rings. The van der Waals surface area contributed by atoms with Gasteiger partial charge in [0.25, 0.3) is 0 Å². The van der Waals surface area contributed by atoms with Crippen molar-refractivity contribution in [2.24, 2.45) is 0 Å². The zero-order chi connectivity index (χ0) is 23.2. The minimum Gasteiger partial charge on any atom is -0.494 e. The highest BCUT2D eigenvalue weighted by Gasteiger charge is 2.13. The normalized spacial score (nSPS) is 10.8. The Labute approximate surface area is 195 Å². The molecule has 10 heteroatoms. The lowest BCUT2D eigenvalue weighted by molar-refractivity contribution is -0.113. The van der Waals surface area contributed by atoms with Crippen molar-refractivity contribution in [3.05, 3.63) is 54.6 Å². The number of carbonyl (C=O) groups excluding carboxylic acids is 1. The summed E-state index contributed by atoms with van der Waals surface area (Å²) >= 11 is 1.26. The average Bonchev–Trinajstić information content (AvgIpc) is 3.26. The summed E-state index contributed by atoms with van der Waals surface area (Å²) in [7, 11) is 3.18. The second-order valence-electron chi connectivity index (χ2n) is 6.84. The SMILES string of the molecule is CCOc1ccc(NC(=O)CSc2nnc3ccc(-c4ccc(OC)c(OC)c4)nn23)cc1. The van der Waals surface area contributed by atoms with Gasteiger partial charge < -0.3 is 19.5 Å². The van der Waals surface area contributed by atoms with Crippen molar-refractivity contribution < 1.29 is 19.0 Å². The molecule has 0 unspecified atom stereocenters. The van der Waals surface area contributed by atoms with E-state index in [1.54, 1.807) is 30.9 Å². The van der Waals surface area contributed by atoms with Crippen LogP contribution in [0.2, 0.25) is 0 Å². The number of hydrogen-bond acceptors (Lipinski definition) is 8. The molecule has 0 fully saturated rings. The molecular formula is C23H23N5O4S. The lowest BCUT2D eigenvalue weighted by Crippen LogP contribution is -2.14. The quantitative estimate of drug-likeness (QED) is 0.371. The first-order valence-corrected chi connectivity index (χ1v) is 11.2. The fourth-order valence-electron chi connectivity index (χ4n) is 3.14. The standard InChI is InChI=1S/C23H23N5O4S/c1-4-32-17-8-6-16(7-9-17)24-22(29)14-33-23-26-25-21-12-10-18(27-28(21)23)15-5-11-19(30-2)20(13-15)31-3/h5-13H,4,14H2,1-3H3,(H,24,29). The van der Waals surface area contributed by atoms with Crippen LogP contribution in [0.3, 0.4) is 0 Å². The molecule has 0 aliphatic rings. The van der Waals surface area contributed by atoms with E-state index in [0.717, 1.165) is 11.3 Å². The summed E-state index contributed by atoms with van der Waals surface area (Å²) in [6.07, 6.45) is 0. The number of hydrogen-bond donors (Lipinski definition) is 1. The second kappa shape index (κ2) is 10.2. The number of thioether (sulfide) groups is 1. The third-order valence-electron chi connectivity index (χ3n) is 4.69. The van der Waals surface area contributed by atoms with Gasteiger partial charge in [0.05, 0.1) is 32.3 Å². The van der Waals surface area contributed by atoms with Crippen LogP contribution < -0.4 is 19.5 Å². The van der Waals surface area contributed by atoms with Crippen LogP contribution in [0.25, 0.3) is 16.9 Å². The number of rotatable bonds is 9. The summed E-state index contributed by atoms with van der Waals surface area (Å²) in [6.45, 7) is 2.52. The van der Waals surface area contributed by atoms with Crippen LogP contribution in [0, 0.1) is 0 Å². The fraction of sp³-hybridized carbons (Fsp3) is 0.217. The van der Waals surface area contributed by atoms with E-state index in [0.29, 0.717) is 40.3 Å². The first-order chi connectivity index (χ1) is 16.1. The maximum atomic E-state index is 12.4. The van der Waals surface area contributed by atoms with Crippen molar-refractivity contribution in [3.8, 4) is 28.5 Å². The van der Waals surface area contributed by atoms with Crippen LogP contribution in [0.4, 0.5) is 5.69 Å². The number of amides is 1. The molecule has 1 amide bonds. The van der Waals surface area contributed by atoms with Gasteiger partial charge in [-0.3, -0.25) is 4.79 Å². The lowest BCUT2D eigenvalue weighted by Gasteiger charge is -2.09. The minimum absolute atomic E-state index is 0.156. The monoisotopic (exact) mass is 465 g/mol. The van der Waals surface area contributed by atoms with E-state index in [2.05, 4.69) is 20.6 Å². The minimum atomic E-state index is -0.156. The highest BCUT2D eigenvalue weighted by atomic mass is 32.2. The van der Waals surface area contributed by atoms with Crippen LogP contribution in [0.5, 0.6) is 17.2 Å². The number of nitrogens with one attached hydrogen (secondary N) is 1. The van der Waals surface area contributed by atoms with E-state index >= 15 is 0 Å². The largest absolute Gasteiger partial charge is 0.494 e. The van der Waals surface area contributed by atoms with Gasteiger partial charge in [0.1, 0.15) is 5.75 Å². The van der Waals surface area contributed by atoms with E-state index in [1.165, 1.54) is 11.8 Å². The van der Waals surface area contributed by atoms with Crippen LogP contribution in [-0.4, -0.2) is 52.3 Å². The van der Waals surface area contributed by atoms with E-state index < -0.39 is 0 Å². The highest BCUT2D eigenvalue weighted by Crippen LogP contribution is 2.31. The second-order valence-corrected chi connectivity index (χ2v) is 7.78. The van der Waals surface area contributed by atoms with Crippen LogP contribution in [-0.2, 0) is 4.79 Å². The van der Waals surface area contributed by atoms with E-state index in [-0.39, 0.29) is 11.7 Å². The van der Waals surface area contributed by atoms with Crippen molar-refractivity contribution >= 4 is 29.0 Å². The summed E-state index contributed by atoms with van der Waals surface area (Å²) in [5.74, 6) is 2.02. The van der Waals surface area contributed by atoms with Crippen LogP contribution in [0.15, 0.2) is 59.8 Å². The van der Waals surface area contributed by atoms with Gasteiger partial charge in [0.2, 0.25) is 11.1 Å². The van der Waals surface area contributed by atoms with Gasteiger partial charge in [-0.2, -0.15) is 9.61 Å². The van der Waals surface area contributed by atoms with Crippen LogP contribution >= 0.6 is 11.8 Å². The number of carbonyl (C=O) groups is 1. The number of nitrogens with zero attached hydrogens (tertiary/aromatic N) is 4. The van der Waals surface area contributed by atoms with Gasteiger partial charge in [-0.15, -0.1) is 10.2 Å². The topological polar surface area (TPSA) is 99.9 Å². The number of benzene rings is 2. The Morgan fingerprint density at radius 1 is 1.00 bits per heavy atom. The third kappa shape index (κ3) is 5.17. The van der Waals surface area contributed by atoms with Gasteiger partial charge in [0, 0.05) is 11.3 Å². The van der Waals surface area contributed by atoms with E-state index in [9.17, 15) is 4.79 Å². The molecule has 0 bridgehead atoms. The van der Waals surface area contributed by atoms with Gasteiger partial charge in [-0.1, -0.05) is 11.8 Å². The zero-order valence-corrected chi connectivity index (χ0v) is 19.3. The lowest BCUT2D eigenvalue weighted by atomic mass is 10.1. The highest BCUT2D eigenvalue weighted by molar-refractivity contribution is 7.99. The Kier molecular flexibility index (Phi) is 6.94. The molecule has 0 aliphatic carbocycles. The molecular weight excluding hydrogens is 442 g/mol.